The van der Waals surface area contributed by atoms with E-state index in [1.54, 1.807) is 17.7 Å². The summed E-state index contributed by atoms with van der Waals surface area (Å²) >= 11 is 1.80. The van der Waals surface area contributed by atoms with Crippen molar-refractivity contribution >= 4 is 39.1 Å². The van der Waals surface area contributed by atoms with Gasteiger partial charge in [-0.15, -0.1) is 11.3 Å². The zero-order valence-electron chi connectivity index (χ0n) is 20.9. The van der Waals surface area contributed by atoms with Crippen molar-refractivity contribution in [2.45, 2.75) is 46.2 Å². The summed E-state index contributed by atoms with van der Waals surface area (Å²) in [6.45, 7) is 10.3. The first-order valence-electron chi connectivity index (χ1n) is 13.0. The second-order valence-electron chi connectivity index (χ2n) is 10.1. The standard InChI is InChI=1S/C28H31N7S/c1-18-19(2)36-28(32-18)24-23-5-3-4-10-35(23)26-25(24)30-17-31-27(26)34-13-11-33(12-14-34)16-20-6-7-22-21(15-20)8-9-29-22/h6-9,15,17,29H,3-5,10-14,16H2,1-2H3. The van der Waals surface area contributed by atoms with Crippen LogP contribution in [0.15, 0.2) is 36.8 Å². The third-order valence-electron chi connectivity index (χ3n) is 7.91. The van der Waals surface area contributed by atoms with Gasteiger partial charge in [0.05, 0.1) is 11.3 Å². The molecule has 0 amide bonds. The Morgan fingerprint density at radius 3 is 2.72 bits per heavy atom. The number of thiazole rings is 1. The molecule has 184 valence electrons. The molecule has 7 nitrogen and oxygen atoms in total. The first kappa shape index (κ1) is 22.0. The highest BCUT2D eigenvalue weighted by Gasteiger charge is 2.29. The molecule has 5 aromatic rings. The third kappa shape index (κ3) is 3.62. The lowest BCUT2D eigenvalue weighted by Crippen LogP contribution is -2.46. The van der Waals surface area contributed by atoms with Crippen molar-refractivity contribution in [1.82, 2.24) is 29.4 Å². The van der Waals surface area contributed by atoms with Gasteiger partial charge in [0, 0.05) is 61.6 Å². The topological polar surface area (TPSA) is 65.9 Å². The molecule has 0 spiro atoms. The van der Waals surface area contributed by atoms with Crippen molar-refractivity contribution in [2.75, 3.05) is 31.1 Å². The zero-order valence-corrected chi connectivity index (χ0v) is 21.7. The lowest BCUT2D eigenvalue weighted by atomic mass is 10.1. The number of aromatic nitrogens is 5. The summed E-state index contributed by atoms with van der Waals surface area (Å²) < 4.78 is 2.51. The van der Waals surface area contributed by atoms with E-state index in [2.05, 4.69) is 57.5 Å². The maximum Gasteiger partial charge on any atom is 0.156 e. The quantitative estimate of drug-likeness (QED) is 0.364. The van der Waals surface area contributed by atoms with E-state index in [1.807, 2.05) is 6.20 Å². The fraction of sp³-hybridized carbons (Fsp3) is 0.393. The van der Waals surface area contributed by atoms with Crippen molar-refractivity contribution in [1.29, 1.82) is 0 Å². The largest absolute Gasteiger partial charge is 0.361 e. The average Bonchev–Trinajstić information content (AvgIpc) is 3.59. The van der Waals surface area contributed by atoms with Crippen LogP contribution >= 0.6 is 11.3 Å². The van der Waals surface area contributed by atoms with E-state index < -0.39 is 0 Å². The summed E-state index contributed by atoms with van der Waals surface area (Å²) in [7, 11) is 0. The van der Waals surface area contributed by atoms with Gasteiger partial charge in [-0.3, -0.25) is 4.90 Å². The number of benzene rings is 1. The van der Waals surface area contributed by atoms with Crippen LogP contribution in [0.2, 0.25) is 0 Å². The third-order valence-corrected chi connectivity index (χ3v) is 9.00. The molecule has 1 fully saturated rings. The molecule has 4 aromatic heterocycles. The maximum absolute atomic E-state index is 4.94. The van der Waals surface area contributed by atoms with E-state index >= 15 is 0 Å². The Kier molecular flexibility index (Phi) is 5.32. The van der Waals surface area contributed by atoms with Crippen molar-refractivity contribution in [3.05, 3.63) is 58.6 Å². The molecule has 8 heteroatoms. The minimum atomic E-state index is 0.976. The molecule has 1 aromatic carbocycles. The number of aryl methyl sites for hydroxylation is 3. The molecule has 0 bridgehead atoms. The normalized spacial score (nSPS) is 16.8. The SMILES string of the molecule is Cc1nc(-c2c3n(c4c(N5CCN(Cc6ccc7[nH]ccc7c6)CC5)ncnc24)CCCC3)sc1C. The Labute approximate surface area is 214 Å². The number of piperazine rings is 1. The molecular weight excluding hydrogens is 466 g/mol. The van der Waals surface area contributed by atoms with Crippen LogP contribution in [0.3, 0.4) is 0 Å². The van der Waals surface area contributed by atoms with E-state index in [-0.39, 0.29) is 0 Å². The molecule has 6 heterocycles. The van der Waals surface area contributed by atoms with Crippen LogP contribution in [0.1, 0.15) is 34.7 Å². The number of H-pyrrole nitrogens is 1. The summed E-state index contributed by atoms with van der Waals surface area (Å²) in [4.78, 5) is 24.3. The lowest BCUT2D eigenvalue weighted by molar-refractivity contribution is 0.249. The summed E-state index contributed by atoms with van der Waals surface area (Å²) in [5.41, 5.74) is 8.62. The van der Waals surface area contributed by atoms with E-state index in [0.29, 0.717) is 0 Å². The maximum atomic E-state index is 4.94. The summed E-state index contributed by atoms with van der Waals surface area (Å²) in [6.07, 6.45) is 7.29. The fourth-order valence-electron chi connectivity index (χ4n) is 5.89. The number of hydrogen-bond donors (Lipinski definition) is 1. The predicted molar refractivity (Wildman–Crippen MR) is 147 cm³/mol. The molecule has 36 heavy (non-hydrogen) atoms. The van der Waals surface area contributed by atoms with Crippen LogP contribution in [0.25, 0.3) is 32.5 Å². The van der Waals surface area contributed by atoms with E-state index in [1.165, 1.54) is 51.0 Å². The minimum absolute atomic E-state index is 0.976. The predicted octanol–water partition coefficient (Wildman–Crippen LogP) is 5.31. The second kappa shape index (κ2) is 8.71. The highest BCUT2D eigenvalue weighted by molar-refractivity contribution is 7.15. The Morgan fingerprint density at radius 2 is 1.89 bits per heavy atom. The van der Waals surface area contributed by atoms with Crippen LogP contribution in [0, 0.1) is 13.8 Å². The van der Waals surface area contributed by atoms with E-state index in [4.69, 9.17) is 15.0 Å². The molecule has 2 aliphatic heterocycles. The molecule has 0 atom stereocenters. The zero-order chi connectivity index (χ0) is 24.2. The van der Waals surface area contributed by atoms with Crippen LogP contribution in [0.5, 0.6) is 0 Å². The van der Waals surface area contributed by atoms with Gasteiger partial charge in [-0.25, -0.2) is 15.0 Å². The van der Waals surface area contributed by atoms with Gasteiger partial charge >= 0.3 is 0 Å². The Bertz CT molecular complexity index is 1550. The van der Waals surface area contributed by atoms with Crippen molar-refractivity contribution in [2.24, 2.45) is 0 Å². The van der Waals surface area contributed by atoms with Gasteiger partial charge in [0.15, 0.2) is 5.82 Å². The molecule has 1 saturated heterocycles. The lowest BCUT2D eigenvalue weighted by Gasteiger charge is -2.35. The minimum Gasteiger partial charge on any atom is -0.361 e. The summed E-state index contributed by atoms with van der Waals surface area (Å²) in [5, 5.41) is 2.40. The van der Waals surface area contributed by atoms with Crippen LogP contribution in [-0.2, 0) is 19.5 Å². The summed E-state index contributed by atoms with van der Waals surface area (Å²) in [6, 6.07) is 8.90. The van der Waals surface area contributed by atoms with Gasteiger partial charge in [-0.1, -0.05) is 6.07 Å². The molecule has 2 aliphatic rings. The van der Waals surface area contributed by atoms with Crippen LogP contribution < -0.4 is 4.90 Å². The van der Waals surface area contributed by atoms with Crippen molar-refractivity contribution < 1.29 is 0 Å². The average molecular weight is 498 g/mol. The van der Waals surface area contributed by atoms with Crippen molar-refractivity contribution in [3.63, 3.8) is 0 Å². The number of rotatable bonds is 4. The van der Waals surface area contributed by atoms with Gasteiger partial charge in [-0.2, -0.15) is 0 Å². The molecule has 0 saturated carbocycles. The molecule has 7 rings (SSSR count). The van der Waals surface area contributed by atoms with Crippen LogP contribution in [0.4, 0.5) is 5.82 Å². The number of nitrogens with one attached hydrogen (secondary N) is 1. The van der Waals surface area contributed by atoms with Gasteiger partial charge in [0.25, 0.3) is 0 Å². The molecule has 0 radical (unpaired) electrons. The van der Waals surface area contributed by atoms with Gasteiger partial charge in [0.1, 0.15) is 22.4 Å². The molecule has 0 unspecified atom stereocenters. The van der Waals surface area contributed by atoms with E-state index in [0.717, 1.165) is 67.7 Å². The number of anilines is 1. The molecule has 1 N–H and O–H groups in total. The monoisotopic (exact) mass is 497 g/mol. The highest BCUT2D eigenvalue weighted by Crippen LogP contribution is 2.41. The molecule has 0 aliphatic carbocycles. The fourth-order valence-corrected chi connectivity index (χ4v) is 6.87. The highest BCUT2D eigenvalue weighted by atomic mass is 32.1. The molecular formula is C28H31N7S. The Hall–Kier alpha value is -3.23. The van der Waals surface area contributed by atoms with Crippen molar-refractivity contribution in [3.8, 4) is 10.6 Å². The Balaban J connectivity index is 1.19. The summed E-state index contributed by atoms with van der Waals surface area (Å²) in [5.74, 6) is 1.09. The first-order chi connectivity index (χ1) is 17.7. The second-order valence-corrected chi connectivity index (χ2v) is 11.4. The first-order valence-corrected chi connectivity index (χ1v) is 13.8. The smallest absolute Gasteiger partial charge is 0.156 e. The van der Waals surface area contributed by atoms with Gasteiger partial charge in [-0.05, 0) is 62.3 Å². The van der Waals surface area contributed by atoms with Crippen LogP contribution in [-0.4, -0.2) is 55.6 Å². The number of fused-ring (bicyclic) bond motifs is 4. The van der Waals surface area contributed by atoms with Gasteiger partial charge in [0.2, 0.25) is 0 Å². The van der Waals surface area contributed by atoms with E-state index in [9.17, 15) is 0 Å². The van der Waals surface area contributed by atoms with Gasteiger partial charge < -0.3 is 14.5 Å². The number of aromatic amines is 1. The number of hydrogen-bond acceptors (Lipinski definition) is 6. The Morgan fingerprint density at radius 1 is 1.00 bits per heavy atom. The number of nitrogens with zero attached hydrogens (tertiary/aromatic N) is 6.